The highest BCUT2D eigenvalue weighted by molar-refractivity contribution is 5.65. The second-order valence-electron chi connectivity index (χ2n) is 6.66. The van der Waals surface area contributed by atoms with Crippen molar-refractivity contribution < 1.29 is 27.5 Å². The summed E-state index contributed by atoms with van der Waals surface area (Å²) in [6, 6.07) is 1.65. The van der Waals surface area contributed by atoms with Crippen molar-refractivity contribution in [2.75, 3.05) is 13.1 Å². The second kappa shape index (κ2) is 7.82. The number of benzene rings is 1. The maximum atomic E-state index is 13.4. The van der Waals surface area contributed by atoms with Gasteiger partial charge >= 0.3 is 12.3 Å². The second-order valence-corrected chi connectivity index (χ2v) is 6.66. The van der Waals surface area contributed by atoms with E-state index in [1.807, 2.05) is 18.7 Å². The maximum Gasteiger partial charge on any atom is 0.416 e. The van der Waals surface area contributed by atoms with E-state index in [1.54, 1.807) is 6.92 Å². The summed E-state index contributed by atoms with van der Waals surface area (Å²) in [5.74, 6) is -0.928. The van der Waals surface area contributed by atoms with Crippen molar-refractivity contribution in [2.24, 2.45) is 0 Å². The summed E-state index contributed by atoms with van der Waals surface area (Å²) in [6.07, 6.45) is -4.49. The zero-order valence-electron chi connectivity index (χ0n) is 15.1. The van der Waals surface area contributed by atoms with Crippen LogP contribution in [0.15, 0.2) is 18.2 Å². The molecule has 1 aromatic carbocycles. The van der Waals surface area contributed by atoms with Gasteiger partial charge in [0.2, 0.25) is 0 Å². The third kappa shape index (κ3) is 4.11. The smallest absolute Gasteiger partial charge is 0.416 e. The topological polar surface area (TPSA) is 43.8 Å². The molecule has 0 spiro atoms. The summed E-state index contributed by atoms with van der Waals surface area (Å²) in [6.45, 7) is 5.99. The average molecular weight is 376 g/mol. The van der Waals surface area contributed by atoms with Crippen molar-refractivity contribution in [3.05, 3.63) is 35.1 Å². The van der Waals surface area contributed by atoms with E-state index in [9.17, 15) is 27.5 Å². The summed E-state index contributed by atoms with van der Waals surface area (Å²) in [7, 11) is 0. The molecule has 0 aliphatic carbocycles. The summed E-state index contributed by atoms with van der Waals surface area (Å²) in [5, 5.41) is 9.39. The van der Waals surface area contributed by atoms with E-state index in [-0.39, 0.29) is 24.2 Å². The van der Waals surface area contributed by atoms with Crippen LogP contribution in [0.4, 0.5) is 22.4 Å². The predicted molar refractivity (Wildman–Crippen MR) is 89.4 cm³/mol. The van der Waals surface area contributed by atoms with Crippen molar-refractivity contribution >= 4 is 6.09 Å². The van der Waals surface area contributed by atoms with Gasteiger partial charge in [-0.25, -0.2) is 9.18 Å². The molecule has 1 saturated heterocycles. The highest BCUT2D eigenvalue weighted by atomic mass is 19.4. The third-order valence-corrected chi connectivity index (χ3v) is 5.20. The van der Waals surface area contributed by atoms with Gasteiger partial charge in [0.1, 0.15) is 5.82 Å². The summed E-state index contributed by atoms with van der Waals surface area (Å²) in [5.41, 5.74) is -0.968. The Morgan fingerprint density at radius 1 is 1.23 bits per heavy atom. The van der Waals surface area contributed by atoms with Gasteiger partial charge in [-0.3, -0.25) is 4.90 Å². The lowest BCUT2D eigenvalue weighted by atomic mass is 9.94. The molecule has 8 heteroatoms. The molecule has 26 heavy (non-hydrogen) atoms. The lowest BCUT2D eigenvalue weighted by Crippen LogP contribution is -2.59. The number of nitrogens with zero attached hydrogens (tertiary/aromatic N) is 2. The van der Waals surface area contributed by atoms with Gasteiger partial charge < -0.3 is 10.0 Å². The molecule has 3 atom stereocenters. The monoisotopic (exact) mass is 376 g/mol. The van der Waals surface area contributed by atoms with Crippen molar-refractivity contribution in [1.82, 2.24) is 9.80 Å². The van der Waals surface area contributed by atoms with Crippen LogP contribution in [0.1, 0.15) is 50.8 Å². The van der Waals surface area contributed by atoms with Crippen LogP contribution in [0.5, 0.6) is 0 Å². The maximum absolute atomic E-state index is 13.4. The van der Waals surface area contributed by atoms with E-state index in [2.05, 4.69) is 0 Å². The van der Waals surface area contributed by atoms with E-state index >= 15 is 0 Å². The van der Waals surface area contributed by atoms with E-state index in [0.717, 1.165) is 6.07 Å². The molecule has 146 valence electrons. The van der Waals surface area contributed by atoms with Gasteiger partial charge in [-0.05, 0) is 37.5 Å². The van der Waals surface area contributed by atoms with E-state index in [1.165, 1.54) is 11.0 Å². The number of hydrogen-bond donors (Lipinski definition) is 1. The predicted octanol–water partition coefficient (Wildman–Crippen LogP) is 4.76. The first-order valence-electron chi connectivity index (χ1n) is 8.72. The Labute approximate surface area is 150 Å². The van der Waals surface area contributed by atoms with E-state index < -0.39 is 29.7 Å². The quantitative estimate of drug-likeness (QED) is 0.771. The Kier molecular flexibility index (Phi) is 6.16. The van der Waals surface area contributed by atoms with Crippen LogP contribution >= 0.6 is 0 Å². The van der Waals surface area contributed by atoms with Crippen LogP contribution in [0, 0.1) is 5.82 Å². The fourth-order valence-electron chi connectivity index (χ4n) is 3.71. The molecule has 1 N–H and O–H groups in total. The number of carbonyl (C=O) groups is 1. The van der Waals surface area contributed by atoms with Crippen LogP contribution < -0.4 is 0 Å². The fraction of sp³-hybridized carbons (Fsp3) is 0.611. The molecule has 0 saturated carbocycles. The van der Waals surface area contributed by atoms with Gasteiger partial charge in [0.05, 0.1) is 5.56 Å². The molecule has 2 rings (SSSR count). The van der Waals surface area contributed by atoms with Crippen molar-refractivity contribution in [3.8, 4) is 0 Å². The minimum absolute atomic E-state index is 0.0102. The molecular weight excluding hydrogens is 352 g/mol. The first-order chi connectivity index (χ1) is 12.1. The number of hydrogen-bond acceptors (Lipinski definition) is 2. The van der Waals surface area contributed by atoms with Crippen LogP contribution in [0.2, 0.25) is 0 Å². The molecule has 1 aliphatic rings. The van der Waals surface area contributed by atoms with Crippen LogP contribution in [-0.2, 0) is 6.18 Å². The average Bonchev–Trinajstić information content (AvgIpc) is 2.58. The van der Waals surface area contributed by atoms with Gasteiger partial charge in [0, 0.05) is 31.2 Å². The normalized spacial score (nSPS) is 23.1. The Bertz CT molecular complexity index is 651. The molecule has 1 aromatic rings. The lowest BCUT2D eigenvalue weighted by molar-refractivity contribution is -0.139. The Morgan fingerprint density at radius 3 is 2.35 bits per heavy atom. The molecule has 1 heterocycles. The molecule has 0 bridgehead atoms. The molecule has 0 aromatic heterocycles. The van der Waals surface area contributed by atoms with Gasteiger partial charge in [-0.2, -0.15) is 13.2 Å². The van der Waals surface area contributed by atoms with Gasteiger partial charge in [0.15, 0.2) is 0 Å². The molecule has 0 radical (unpaired) electrons. The number of rotatable bonds is 4. The van der Waals surface area contributed by atoms with Crippen molar-refractivity contribution in [3.63, 3.8) is 0 Å². The molecule has 1 fully saturated rings. The van der Waals surface area contributed by atoms with Crippen LogP contribution in [0.25, 0.3) is 0 Å². The minimum Gasteiger partial charge on any atom is -0.465 e. The van der Waals surface area contributed by atoms with Crippen molar-refractivity contribution in [1.29, 1.82) is 0 Å². The molecule has 1 amide bonds. The zero-order valence-corrected chi connectivity index (χ0v) is 15.1. The number of piperazine rings is 1. The van der Waals surface area contributed by atoms with E-state index in [0.29, 0.717) is 25.5 Å². The summed E-state index contributed by atoms with van der Waals surface area (Å²) in [4.78, 5) is 14.8. The number of alkyl halides is 3. The SMILES string of the molecule is CC[C@H]1CN(C(C)c2ccc(F)cc2C(F)(F)F)[C@H](CC)CN1C(=O)O. The van der Waals surface area contributed by atoms with Crippen molar-refractivity contribution in [2.45, 2.75) is 57.9 Å². The lowest BCUT2D eigenvalue weighted by Gasteiger charge is -2.47. The Balaban J connectivity index is 2.39. The largest absolute Gasteiger partial charge is 0.465 e. The first kappa shape index (κ1) is 20.5. The highest BCUT2D eigenvalue weighted by Gasteiger charge is 2.40. The standard InChI is InChI=1S/C18H24F4N2O2/c1-4-13-10-24(17(25)26)14(5-2)9-23(13)11(3)15-7-6-12(19)8-16(15)18(20,21)22/h6-8,11,13-14H,4-5,9-10H2,1-3H3,(H,25,26)/t11?,13-,14+/m1/s1. The summed E-state index contributed by atoms with van der Waals surface area (Å²) < 4.78 is 53.5. The third-order valence-electron chi connectivity index (χ3n) is 5.20. The number of amides is 1. The molecule has 4 nitrogen and oxygen atoms in total. The Hall–Kier alpha value is -1.83. The fourth-order valence-corrected chi connectivity index (χ4v) is 3.71. The molecule has 1 aliphatic heterocycles. The molecule has 1 unspecified atom stereocenters. The summed E-state index contributed by atoms with van der Waals surface area (Å²) >= 11 is 0. The zero-order chi connectivity index (χ0) is 19.6. The number of carboxylic acid groups (broad SMARTS) is 1. The van der Waals surface area contributed by atoms with Gasteiger partial charge in [-0.15, -0.1) is 0 Å². The first-order valence-corrected chi connectivity index (χ1v) is 8.72. The van der Waals surface area contributed by atoms with Gasteiger partial charge in [0.25, 0.3) is 0 Å². The number of halogens is 4. The van der Waals surface area contributed by atoms with Crippen LogP contribution in [-0.4, -0.2) is 46.2 Å². The minimum atomic E-state index is -4.65. The highest BCUT2D eigenvalue weighted by Crippen LogP contribution is 2.38. The Morgan fingerprint density at radius 2 is 1.85 bits per heavy atom. The van der Waals surface area contributed by atoms with Crippen LogP contribution in [0.3, 0.4) is 0 Å². The van der Waals surface area contributed by atoms with Gasteiger partial charge in [-0.1, -0.05) is 19.9 Å². The molecular formula is C18H24F4N2O2. The van der Waals surface area contributed by atoms with E-state index in [4.69, 9.17) is 0 Å².